The molecule has 1 aliphatic heterocycles. The van der Waals surface area contributed by atoms with E-state index in [4.69, 9.17) is 4.74 Å². The van der Waals surface area contributed by atoms with Crippen LogP contribution in [0.1, 0.15) is 35.6 Å². The third kappa shape index (κ3) is 3.27. The highest BCUT2D eigenvalue weighted by Crippen LogP contribution is 2.33. The van der Waals surface area contributed by atoms with E-state index in [0.717, 1.165) is 38.2 Å². The Bertz CT molecular complexity index is 606. The molecule has 1 N–H and O–H groups in total. The van der Waals surface area contributed by atoms with E-state index in [1.165, 1.54) is 16.7 Å². The largest absolute Gasteiger partial charge is 0.493 e. The molecule has 0 bridgehead atoms. The molecule has 0 fully saturated rings. The molecule has 1 aliphatic rings. The zero-order valence-corrected chi connectivity index (χ0v) is 12.8. The monoisotopic (exact) mass is 285 g/mol. The Hall–Kier alpha value is -1.81. The van der Waals surface area contributed by atoms with E-state index in [2.05, 4.69) is 41.7 Å². The van der Waals surface area contributed by atoms with Gasteiger partial charge in [-0.25, -0.2) is 0 Å². The van der Waals surface area contributed by atoms with Gasteiger partial charge in [0.1, 0.15) is 5.75 Å². The number of para-hydroxylation sites is 1. The zero-order valence-electron chi connectivity index (χ0n) is 12.8. The van der Waals surface area contributed by atoms with E-state index < -0.39 is 0 Å². The van der Waals surface area contributed by atoms with Crippen LogP contribution in [0.2, 0.25) is 0 Å². The van der Waals surface area contributed by atoms with Crippen LogP contribution in [-0.2, 0) is 13.5 Å². The lowest BCUT2D eigenvalue weighted by molar-refractivity contribution is 0.313. The maximum absolute atomic E-state index is 5.92. The molecule has 0 spiro atoms. The number of rotatable bonds is 4. The Morgan fingerprint density at radius 2 is 2.33 bits per heavy atom. The smallest absolute Gasteiger partial charge is 0.126 e. The Morgan fingerprint density at radius 3 is 3.14 bits per heavy atom. The van der Waals surface area contributed by atoms with Gasteiger partial charge in [-0.3, -0.25) is 4.68 Å². The van der Waals surface area contributed by atoms with E-state index >= 15 is 0 Å². The van der Waals surface area contributed by atoms with Crippen LogP contribution in [0.5, 0.6) is 5.75 Å². The molecule has 0 radical (unpaired) electrons. The van der Waals surface area contributed by atoms with Crippen molar-refractivity contribution in [3.05, 3.63) is 47.3 Å². The molecule has 1 unspecified atom stereocenters. The predicted octanol–water partition coefficient (Wildman–Crippen LogP) is 2.77. The van der Waals surface area contributed by atoms with Gasteiger partial charge in [-0.1, -0.05) is 18.2 Å². The molecule has 0 amide bonds. The van der Waals surface area contributed by atoms with E-state index in [1.54, 1.807) is 0 Å². The molecule has 21 heavy (non-hydrogen) atoms. The molecule has 2 heterocycles. The molecular formula is C17H23N3O. The summed E-state index contributed by atoms with van der Waals surface area (Å²) >= 11 is 0. The van der Waals surface area contributed by atoms with Crippen LogP contribution >= 0.6 is 0 Å². The highest BCUT2D eigenvalue weighted by Gasteiger charge is 2.20. The first-order valence-corrected chi connectivity index (χ1v) is 7.67. The lowest BCUT2D eigenvalue weighted by atomic mass is 9.99. The van der Waals surface area contributed by atoms with Gasteiger partial charge in [0.05, 0.1) is 12.8 Å². The van der Waals surface area contributed by atoms with Crippen LogP contribution in [0.15, 0.2) is 30.6 Å². The fraction of sp³-hybridized carbons (Fsp3) is 0.471. The highest BCUT2D eigenvalue weighted by atomic mass is 16.5. The molecular weight excluding hydrogens is 262 g/mol. The van der Waals surface area contributed by atoms with Gasteiger partial charge < -0.3 is 10.1 Å². The van der Waals surface area contributed by atoms with Crippen molar-refractivity contribution in [2.75, 3.05) is 13.2 Å². The number of hydrogen-bond donors (Lipinski definition) is 1. The van der Waals surface area contributed by atoms with Gasteiger partial charge in [-0.2, -0.15) is 5.10 Å². The number of nitrogens with one attached hydrogen (secondary N) is 1. The number of hydrogen-bond acceptors (Lipinski definition) is 3. The van der Waals surface area contributed by atoms with Crippen molar-refractivity contribution in [3.63, 3.8) is 0 Å². The number of aromatic nitrogens is 2. The molecule has 3 rings (SSSR count). The van der Waals surface area contributed by atoms with Crippen LogP contribution in [0.3, 0.4) is 0 Å². The van der Waals surface area contributed by atoms with Crippen molar-refractivity contribution in [2.24, 2.45) is 7.05 Å². The summed E-state index contributed by atoms with van der Waals surface area (Å²) in [7, 11) is 1.96. The minimum absolute atomic E-state index is 0.388. The third-order valence-corrected chi connectivity index (χ3v) is 4.06. The first kappa shape index (κ1) is 14.1. The minimum atomic E-state index is 0.388. The molecule has 1 aromatic heterocycles. The van der Waals surface area contributed by atoms with Crippen LogP contribution < -0.4 is 10.1 Å². The summed E-state index contributed by atoms with van der Waals surface area (Å²) in [5.74, 6) is 1.08. The first-order chi connectivity index (χ1) is 10.2. The summed E-state index contributed by atoms with van der Waals surface area (Å²) in [5, 5.41) is 7.90. The van der Waals surface area contributed by atoms with Crippen molar-refractivity contribution in [2.45, 2.75) is 32.2 Å². The van der Waals surface area contributed by atoms with Crippen molar-refractivity contribution in [1.29, 1.82) is 0 Å². The SMILES string of the molecule is Cc1cccc2c1OCCCC2NCCc1cnn(C)c1. The van der Waals surface area contributed by atoms with Crippen LogP contribution in [0.4, 0.5) is 0 Å². The molecule has 4 heteroatoms. The average molecular weight is 285 g/mol. The maximum atomic E-state index is 5.92. The van der Waals surface area contributed by atoms with Gasteiger partial charge in [-0.15, -0.1) is 0 Å². The van der Waals surface area contributed by atoms with Gasteiger partial charge in [0.25, 0.3) is 0 Å². The summed E-state index contributed by atoms with van der Waals surface area (Å²) in [6.45, 7) is 3.90. The minimum Gasteiger partial charge on any atom is -0.493 e. The number of ether oxygens (including phenoxy) is 1. The number of benzene rings is 1. The molecule has 0 aliphatic carbocycles. The second-order valence-corrected chi connectivity index (χ2v) is 5.76. The van der Waals surface area contributed by atoms with Gasteiger partial charge in [0, 0.05) is 24.8 Å². The molecule has 0 saturated carbocycles. The summed E-state index contributed by atoms with van der Waals surface area (Å²) in [6, 6.07) is 6.82. The summed E-state index contributed by atoms with van der Waals surface area (Å²) < 4.78 is 7.78. The van der Waals surface area contributed by atoms with E-state index in [1.807, 2.05) is 17.9 Å². The first-order valence-electron chi connectivity index (χ1n) is 7.67. The number of fused-ring (bicyclic) bond motifs is 1. The van der Waals surface area contributed by atoms with Crippen molar-refractivity contribution in [1.82, 2.24) is 15.1 Å². The lowest BCUT2D eigenvalue weighted by Crippen LogP contribution is -2.23. The van der Waals surface area contributed by atoms with Crippen LogP contribution in [0.25, 0.3) is 0 Å². The second-order valence-electron chi connectivity index (χ2n) is 5.76. The molecule has 0 saturated heterocycles. The Kier molecular flexibility index (Phi) is 4.25. The Balaban J connectivity index is 1.66. The predicted molar refractivity (Wildman–Crippen MR) is 83.6 cm³/mol. The molecule has 4 nitrogen and oxygen atoms in total. The summed E-state index contributed by atoms with van der Waals surface area (Å²) in [6.07, 6.45) is 7.25. The topological polar surface area (TPSA) is 39.1 Å². The Morgan fingerprint density at radius 1 is 1.43 bits per heavy atom. The molecule has 2 aromatic rings. The fourth-order valence-corrected chi connectivity index (χ4v) is 2.97. The van der Waals surface area contributed by atoms with Crippen molar-refractivity contribution >= 4 is 0 Å². The van der Waals surface area contributed by atoms with Crippen LogP contribution in [0, 0.1) is 6.92 Å². The van der Waals surface area contributed by atoms with Gasteiger partial charge in [-0.05, 0) is 43.9 Å². The fourth-order valence-electron chi connectivity index (χ4n) is 2.97. The Labute approximate surface area is 126 Å². The number of nitrogens with zero attached hydrogens (tertiary/aromatic N) is 2. The van der Waals surface area contributed by atoms with Crippen molar-refractivity contribution < 1.29 is 4.74 Å². The van der Waals surface area contributed by atoms with Crippen molar-refractivity contribution in [3.8, 4) is 5.75 Å². The average Bonchev–Trinajstić information content (AvgIpc) is 2.77. The highest BCUT2D eigenvalue weighted by molar-refractivity contribution is 5.43. The van der Waals surface area contributed by atoms with Gasteiger partial charge in [0.2, 0.25) is 0 Å². The van der Waals surface area contributed by atoms with Gasteiger partial charge in [0.15, 0.2) is 0 Å². The van der Waals surface area contributed by atoms with E-state index in [0.29, 0.717) is 6.04 Å². The normalized spacial score (nSPS) is 17.9. The number of aryl methyl sites for hydroxylation is 2. The standard InChI is InChI=1S/C17H23N3O/c1-13-5-3-6-15-16(7-4-10-21-17(13)15)18-9-8-14-11-19-20(2)12-14/h3,5-6,11-12,16,18H,4,7-10H2,1-2H3. The third-order valence-electron chi connectivity index (χ3n) is 4.06. The summed E-state index contributed by atoms with van der Waals surface area (Å²) in [4.78, 5) is 0. The second kappa shape index (κ2) is 6.31. The van der Waals surface area contributed by atoms with Gasteiger partial charge >= 0.3 is 0 Å². The zero-order chi connectivity index (χ0) is 14.7. The van der Waals surface area contributed by atoms with E-state index in [9.17, 15) is 0 Å². The van der Waals surface area contributed by atoms with Crippen LogP contribution in [-0.4, -0.2) is 22.9 Å². The quantitative estimate of drug-likeness (QED) is 0.939. The maximum Gasteiger partial charge on any atom is 0.126 e. The molecule has 1 aromatic carbocycles. The molecule has 112 valence electrons. The lowest BCUT2D eigenvalue weighted by Gasteiger charge is -2.19. The van der Waals surface area contributed by atoms with E-state index in [-0.39, 0.29) is 0 Å². The molecule has 1 atom stereocenters. The summed E-state index contributed by atoms with van der Waals surface area (Å²) in [5.41, 5.74) is 3.81.